The zero-order chi connectivity index (χ0) is 16.6. The van der Waals surface area contributed by atoms with Crippen LogP contribution in [0.15, 0.2) is 18.2 Å². The minimum atomic E-state index is -0.00354. The molecule has 2 aliphatic rings. The first-order valence-electron chi connectivity index (χ1n) is 8.46. The molecular weight excluding hydrogens is 290 g/mol. The lowest BCUT2D eigenvalue weighted by Gasteiger charge is -2.27. The number of ether oxygens (including phenoxy) is 1. The fraction of sp³-hybridized carbons (Fsp3) is 0.667. The second-order valence-corrected chi connectivity index (χ2v) is 7.84. The summed E-state index contributed by atoms with van der Waals surface area (Å²) in [5.41, 5.74) is 0.677. The number of carbonyl (C=O) groups excluding carboxylic acids is 1. The Morgan fingerprint density at radius 1 is 1.30 bits per heavy atom. The normalized spacial score (nSPS) is 26.1. The molecule has 0 aromatic carbocycles. The molecule has 2 atom stereocenters. The van der Waals surface area contributed by atoms with Crippen LogP contribution < -0.4 is 5.32 Å². The molecule has 5 nitrogen and oxygen atoms in total. The molecular formula is C18H27N3O2. The van der Waals surface area contributed by atoms with Gasteiger partial charge in [0.25, 0.3) is 0 Å². The average molecular weight is 317 g/mol. The number of pyridine rings is 1. The van der Waals surface area contributed by atoms with E-state index in [1.165, 1.54) is 0 Å². The molecule has 23 heavy (non-hydrogen) atoms. The molecule has 5 heteroatoms. The summed E-state index contributed by atoms with van der Waals surface area (Å²) >= 11 is 0. The van der Waals surface area contributed by atoms with Gasteiger partial charge in [0.2, 0.25) is 0 Å². The molecule has 1 N–H and O–H groups in total. The molecule has 2 fully saturated rings. The second-order valence-electron chi connectivity index (χ2n) is 7.84. The minimum Gasteiger partial charge on any atom is -0.347 e. The highest BCUT2D eigenvalue weighted by atomic mass is 16.6. The van der Waals surface area contributed by atoms with E-state index in [0.29, 0.717) is 5.69 Å². The molecule has 0 spiro atoms. The third-order valence-electron chi connectivity index (χ3n) is 4.73. The van der Waals surface area contributed by atoms with Crippen LogP contribution in [0.5, 0.6) is 0 Å². The lowest BCUT2D eigenvalue weighted by Crippen LogP contribution is -2.33. The topological polar surface area (TPSA) is 57.8 Å². The Labute approximate surface area is 138 Å². The zero-order valence-electron chi connectivity index (χ0n) is 14.5. The Morgan fingerprint density at radius 3 is 2.61 bits per heavy atom. The van der Waals surface area contributed by atoms with Gasteiger partial charge in [0.1, 0.15) is 17.6 Å². The Kier molecular flexibility index (Phi) is 4.43. The number of piperidine rings is 1. The summed E-state index contributed by atoms with van der Waals surface area (Å²) in [4.78, 5) is 19.4. The van der Waals surface area contributed by atoms with Crippen LogP contribution in [0.2, 0.25) is 0 Å². The molecule has 3 heterocycles. The highest BCUT2D eigenvalue weighted by Gasteiger charge is 2.47. The quantitative estimate of drug-likeness (QED) is 0.683. The van der Waals surface area contributed by atoms with Gasteiger partial charge in [-0.25, -0.2) is 4.98 Å². The van der Waals surface area contributed by atoms with Crippen molar-refractivity contribution >= 4 is 11.6 Å². The molecule has 1 aromatic rings. The number of hydrogen-bond acceptors (Lipinski definition) is 5. The number of hydrogen-bond donors (Lipinski definition) is 1. The number of anilines is 1. The summed E-state index contributed by atoms with van der Waals surface area (Å²) in [6.07, 6.45) is 2.03. The van der Waals surface area contributed by atoms with Crippen LogP contribution in [0.25, 0.3) is 0 Å². The van der Waals surface area contributed by atoms with E-state index in [2.05, 4.69) is 43.0 Å². The number of nitrogens with one attached hydrogen (secondary N) is 1. The zero-order valence-corrected chi connectivity index (χ0v) is 14.5. The Hall–Kier alpha value is -1.46. The maximum absolute atomic E-state index is 12.6. The van der Waals surface area contributed by atoms with Crippen LogP contribution in [0, 0.1) is 11.3 Å². The number of Topliss-reactive ketones (excluding diaryl/α,β-unsaturated/α-hetero) is 1. The number of aromatic nitrogens is 1. The largest absolute Gasteiger partial charge is 0.347 e. The maximum Gasteiger partial charge on any atom is 0.184 e. The second kappa shape index (κ2) is 6.21. The van der Waals surface area contributed by atoms with Gasteiger partial charge >= 0.3 is 0 Å². The fourth-order valence-electron chi connectivity index (χ4n) is 3.16. The summed E-state index contributed by atoms with van der Waals surface area (Å²) in [6, 6.07) is 5.61. The van der Waals surface area contributed by atoms with E-state index in [0.717, 1.165) is 31.7 Å². The lowest BCUT2D eigenvalue weighted by molar-refractivity contribution is 0.0851. The minimum absolute atomic E-state index is 0.00354. The average Bonchev–Trinajstić information content (AvgIpc) is 3.27. The van der Waals surface area contributed by atoms with Crippen molar-refractivity contribution in [3.05, 3.63) is 23.9 Å². The van der Waals surface area contributed by atoms with E-state index in [1.807, 2.05) is 18.2 Å². The van der Waals surface area contributed by atoms with E-state index >= 15 is 0 Å². The van der Waals surface area contributed by atoms with E-state index in [-0.39, 0.29) is 29.4 Å². The third kappa shape index (κ3) is 3.90. The van der Waals surface area contributed by atoms with Gasteiger partial charge in [-0.1, -0.05) is 26.8 Å². The first-order valence-corrected chi connectivity index (χ1v) is 8.46. The molecule has 0 saturated carbocycles. The molecule has 2 saturated heterocycles. The highest BCUT2D eigenvalue weighted by molar-refractivity contribution is 5.96. The van der Waals surface area contributed by atoms with E-state index in [9.17, 15) is 4.79 Å². The SMILES string of the molecule is CN1CCC(C(=O)c2cccc(NC3OC3C(C)(C)C)n2)CC1. The third-order valence-corrected chi connectivity index (χ3v) is 4.73. The van der Waals surface area contributed by atoms with Crippen LogP contribution in [-0.2, 0) is 4.74 Å². The van der Waals surface area contributed by atoms with Gasteiger partial charge in [-0.2, -0.15) is 0 Å². The van der Waals surface area contributed by atoms with Crippen molar-refractivity contribution in [2.24, 2.45) is 11.3 Å². The van der Waals surface area contributed by atoms with Crippen molar-refractivity contribution in [3.63, 3.8) is 0 Å². The van der Waals surface area contributed by atoms with Crippen LogP contribution in [-0.4, -0.2) is 48.1 Å². The molecule has 2 unspecified atom stereocenters. The highest BCUT2D eigenvalue weighted by Crippen LogP contribution is 2.38. The van der Waals surface area contributed by atoms with E-state index < -0.39 is 0 Å². The van der Waals surface area contributed by atoms with Crippen molar-refractivity contribution in [2.75, 3.05) is 25.5 Å². The van der Waals surface area contributed by atoms with Crippen LogP contribution >= 0.6 is 0 Å². The molecule has 1 aromatic heterocycles. The smallest absolute Gasteiger partial charge is 0.184 e. The first-order chi connectivity index (χ1) is 10.8. The van der Waals surface area contributed by atoms with Crippen molar-refractivity contribution < 1.29 is 9.53 Å². The predicted molar refractivity (Wildman–Crippen MR) is 90.5 cm³/mol. The molecule has 2 aliphatic heterocycles. The molecule has 0 aliphatic carbocycles. The van der Waals surface area contributed by atoms with Gasteiger partial charge in [-0.15, -0.1) is 0 Å². The van der Waals surface area contributed by atoms with Crippen molar-refractivity contribution in [1.29, 1.82) is 0 Å². The van der Waals surface area contributed by atoms with Crippen molar-refractivity contribution in [3.8, 4) is 0 Å². The monoisotopic (exact) mass is 317 g/mol. The summed E-state index contributed by atoms with van der Waals surface area (Å²) in [5.74, 6) is 1.000. The first kappa shape index (κ1) is 16.4. The molecule has 3 rings (SSSR count). The van der Waals surface area contributed by atoms with Crippen LogP contribution in [0.3, 0.4) is 0 Å². The van der Waals surface area contributed by atoms with Gasteiger partial charge in [0, 0.05) is 5.92 Å². The van der Waals surface area contributed by atoms with Gasteiger partial charge in [-0.05, 0) is 50.5 Å². The van der Waals surface area contributed by atoms with Gasteiger partial charge in [0.15, 0.2) is 12.0 Å². The van der Waals surface area contributed by atoms with Gasteiger partial charge < -0.3 is 15.0 Å². The maximum atomic E-state index is 12.6. The lowest BCUT2D eigenvalue weighted by atomic mass is 9.91. The van der Waals surface area contributed by atoms with E-state index in [1.54, 1.807) is 0 Å². The van der Waals surface area contributed by atoms with Gasteiger partial charge in [0.05, 0.1) is 0 Å². The van der Waals surface area contributed by atoms with Crippen molar-refractivity contribution in [1.82, 2.24) is 9.88 Å². The number of carbonyl (C=O) groups is 1. The fourth-order valence-corrected chi connectivity index (χ4v) is 3.16. The molecule has 0 bridgehead atoms. The van der Waals surface area contributed by atoms with Crippen LogP contribution in [0.1, 0.15) is 44.1 Å². The predicted octanol–water partition coefficient (Wildman–Crippen LogP) is 2.79. The Morgan fingerprint density at radius 2 is 2.00 bits per heavy atom. The number of ketones is 1. The number of nitrogens with zero attached hydrogens (tertiary/aromatic N) is 2. The Bertz CT molecular complexity index is 574. The summed E-state index contributed by atoms with van der Waals surface area (Å²) < 4.78 is 5.67. The van der Waals surface area contributed by atoms with Crippen molar-refractivity contribution in [2.45, 2.75) is 45.9 Å². The Balaban J connectivity index is 1.63. The molecule has 0 amide bonds. The van der Waals surface area contributed by atoms with Crippen LogP contribution in [0.4, 0.5) is 5.82 Å². The standard InChI is InChI=1S/C18H27N3O2/c1-18(2,3)16-17(23-16)20-14-7-5-6-13(19-14)15(22)12-8-10-21(4)11-9-12/h5-7,12,16-17H,8-11H2,1-4H3,(H,19,20). The van der Waals surface area contributed by atoms with Gasteiger partial charge in [-0.3, -0.25) is 4.79 Å². The number of rotatable bonds is 4. The number of epoxide rings is 1. The number of likely N-dealkylation sites (tertiary alicyclic amines) is 1. The molecule has 126 valence electrons. The van der Waals surface area contributed by atoms with E-state index in [4.69, 9.17) is 4.74 Å². The summed E-state index contributed by atoms with van der Waals surface area (Å²) in [7, 11) is 2.10. The summed E-state index contributed by atoms with van der Waals surface area (Å²) in [6.45, 7) is 8.45. The summed E-state index contributed by atoms with van der Waals surface area (Å²) in [5, 5.41) is 3.28. The molecule has 0 radical (unpaired) electrons.